The Hall–Kier alpha value is -2.87. The van der Waals surface area contributed by atoms with Crippen molar-refractivity contribution in [3.05, 3.63) is 34.7 Å². The molecule has 0 radical (unpaired) electrons. The number of fused-ring (bicyclic) bond motifs is 4. The summed E-state index contributed by atoms with van der Waals surface area (Å²) in [4.78, 5) is 41.9. The Bertz CT molecular complexity index is 1290. The van der Waals surface area contributed by atoms with Gasteiger partial charge in [0.2, 0.25) is 11.8 Å². The first-order chi connectivity index (χ1) is 17.1. The van der Waals surface area contributed by atoms with Crippen LogP contribution in [-0.4, -0.2) is 34.3 Å². The molecule has 4 bridgehead atoms. The SMILES string of the molecule is CNC(=O)C1C[C@@H]2C3C[C@H](C(=O)Nc4cc(-c5cc(C(N)=O)n6c5CC(C)(C)C6)c(Cl)cn4)C2[C@H]3C1. The molecule has 8 nitrogen and oxygen atoms in total. The first kappa shape index (κ1) is 23.5. The van der Waals surface area contributed by atoms with Gasteiger partial charge in [-0.05, 0) is 66.9 Å². The fourth-order valence-electron chi connectivity index (χ4n) is 7.84. The predicted octanol–water partition coefficient (Wildman–Crippen LogP) is 3.48. The summed E-state index contributed by atoms with van der Waals surface area (Å²) in [7, 11) is 1.69. The maximum atomic E-state index is 13.3. The summed E-state index contributed by atoms with van der Waals surface area (Å²) in [5.74, 6) is 2.00. The minimum absolute atomic E-state index is 0.00422. The number of hydrogen-bond acceptors (Lipinski definition) is 4. The lowest BCUT2D eigenvalue weighted by molar-refractivity contribution is -0.135. The zero-order valence-electron chi connectivity index (χ0n) is 20.8. The van der Waals surface area contributed by atoms with Crippen molar-refractivity contribution in [2.24, 2.45) is 46.7 Å². The second-order valence-corrected chi connectivity index (χ2v) is 12.3. The van der Waals surface area contributed by atoms with Gasteiger partial charge in [0, 0.05) is 48.4 Å². The Balaban J connectivity index is 1.22. The monoisotopic (exact) mass is 509 g/mol. The van der Waals surface area contributed by atoms with Crippen LogP contribution in [0.3, 0.4) is 0 Å². The molecule has 3 unspecified atom stereocenters. The summed E-state index contributed by atoms with van der Waals surface area (Å²) in [5, 5.41) is 6.28. The number of carbonyl (C=O) groups excluding carboxylic acids is 3. The summed E-state index contributed by atoms with van der Waals surface area (Å²) >= 11 is 6.57. The van der Waals surface area contributed by atoms with Crippen molar-refractivity contribution < 1.29 is 14.4 Å². The lowest BCUT2D eigenvalue weighted by atomic mass is 9.52. The van der Waals surface area contributed by atoms with Crippen molar-refractivity contribution >= 4 is 35.1 Å². The van der Waals surface area contributed by atoms with Crippen molar-refractivity contribution in [2.75, 3.05) is 12.4 Å². The van der Waals surface area contributed by atoms with Crippen LogP contribution in [0.1, 0.15) is 49.3 Å². The fraction of sp³-hybridized carbons (Fsp3) is 0.556. The van der Waals surface area contributed by atoms with Gasteiger partial charge in [0.05, 0.1) is 5.02 Å². The molecule has 4 N–H and O–H groups in total. The number of amides is 3. The van der Waals surface area contributed by atoms with Crippen LogP contribution in [-0.2, 0) is 22.6 Å². The molecule has 5 fully saturated rings. The van der Waals surface area contributed by atoms with E-state index in [1.165, 1.54) is 0 Å². The Kier molecular flexibility index (Phi) is 5.27. The van der Waals surface area contributed by atoms with Crippen molar-refractivity contribution in [3.63, 3.8) is 0 Å². The molecule has 8 rings (SSSR count). The number of carbonyl (C=O) groups is 3. The molecule has 0 spiro atoms. The molecule has 36 heavy (non-hydrogen) atoms. The molecule has 5 aliphatic carbocycles. The van der Waals surface area contributed by atoms with E-state index in [2.05, 4.69) is 29.5 Å². The quantitative estimate of drug-likeness (QED) is 0.571. The van der Waals surface area contributed by atoms with E-state index in [0.717, 1.165) is 42.5 Å². The molecule has 9 heteroatoms. The van der Waals surface area contributed by atoms with Gasteiger partial charge in [0.1, 0.15) is 11.5 Å². The zero-order valence-corrected chi connectivity index (χ0v) is 21.6. The lowest BCUT2D eigenvalue weighted by Crippen LogP contribution is -2.51. The number of nitrogens with one attached hydrogen (secondary N) is 2. The van der Waals surface area contributed by atoms with E-state index in [1.54, 1.807) is 25.4 Å². The topological polar surface area (TPSA) is 119 Å². The van der Waals surface area contributed by atoms with Gasteiger partial charge >= 0.3 is 0 Å². The number of pyridine rings is 1. The van der Waals surface area contributed by atoms with E-state index < -0.39 is 5.91 Å². The molecule has 2 aromatic rings. The molecule has 3 heterocycles. The van der Waals surface area contributed by atoms with Crippen LogP contribution in [0.4, 0.5) is 5.82 Å². The summed E-state index contributed by atoms with van der Waals surface area (Å²) in [6.45, 7) is 5.03. The van der Waals surface area contributed by atoms with Crippen LogP contribution in [0.5, 0.6) is 0 Å². The van der Waals surface area contributed by atoms with E-state index >= 15 is 0 Å². The fourth-order valence-corrected chi connectivity index (χ4v) is 8.05. The van der Waals surface area contributed by atoms with E-state index in [1.807, 2.05) is 4.57 Å². The van der Waals surface area contributed by atoms with E-state index in [4.69, 9.17) is 17.3 Å². The minimum Gasteiger partial charge on any atom is -0.364 e. The van der Waals surface area contributed by atoms with Crippen molar-refractivity contribution in [1.82, 2.24) is 14.9 Å². The first-order valence-electron chi connectivity index (χ1n) is 12.8. The van der Waals surface area contributed by atoms with Crippen LogP contribution >= 0.6 is 11.6 Å². The third-order valence-electron chi connectivity index (χ3n) is 9.24. The predicted molar refractivity (Wildman–Crippen MR) is 136 cm³/mol. The average molecular weight is 510 g/mol. The molecule has 6 atom stereocenters. The van der Waals surface area contributed by atoms with Crippen molar-refractivity contribution in [2.45, 2.75) is 46.1 Å². The highest BCUT2D eigenvalue weighted by Gasteiger charge is 2.65. The molecular weight excluding hydrogens is 478 g/mol. The maximum Gasteiger partial charge on any atom is 0.265 e. The van der Waals surface area contributed by atoms with Gasteiger partial charge in [-0.15, -0.1) is 0 Å². The highest BCUT2D eigenvalue weighted by molar-refractivity contribution is 6.33. The second-order valence-electron chi connectivity index (χ2n) is 11.9. The van der Waals surface area contributed by atoms with Gasteiger partial charge in [0.25, 0.3) is 5.91 Å². The smallest absolute Gasteiger partial charge is 0.265 e. The van der Waals surface area contributed by atoms with Gasteiger partial charge < -0.3 is 20.9 Å². The summed E-state index contributed by atoms with van der Waals surface area (Å²) < 4.78 is 1.99. The normalized spacial score (nSPS) is 30.9. The van der Waals surface area contributed by atoms with Crippen LogP contribution in [0, 0.1) is 40.9 Å². The Morgan fingerprint density at radius 3 is 2.47 bits per heavy atom. The van der Waals surface area contributed by atoms with Crippen LogP contribution in [0.25, 0.3) is 11.1 Å². The largest absolute Gasteiger partial charge is 0.364 e. The number of primary amides is 1. The number of nitrogens with two attached hydrogens (primary N) is 1. The molecule has 0 saturated heterocycles. The van der Waals surface area contributed by atoms with Gasteiger partial charge in [-0.1, -0.05) is 25.4 Å². The highest BCUT2D eigenvalue weighted by Crippen LogP contribution is 2.68. The van der Waals surface area contributed by atoms with Gasteiger partial charge in [0.15, 0.2) is 0 Å². The number of halogens is 1. The van der Waals surface area contributed by atoms with Crippen molar-refractivity contribution in [1.29, 1.82) is 0 Å². The van der Waals surface area contributed by atoms with Gasteiger partial charge in [-0.2, -0.15) is 0 Å². The number of nitrogens with zero attached hydrogens (tertiary/aromatic N) is 2. The number of aromatic nitrogens is 2. The molecule has 0 aromatic carbocycles. The summed E-state index contributed by atoms with van der Waals surface area (Å²) in [6, 6.07) is 3.60. The second kappa shape index (κ2) is 8.07. The van der Waals surface area contributed by atoms with Crippen LogP contribution < -0.4 is 16.4 Å². The summed E-state index contributed by atoms with van der Waals surface area (Å²) in [5.41, 5.74) is 8.76. The molecule has 5 saturated carbocycles. The third kappa shape index (κ3) is 3.48. The standard InChI is InChI=1S/C27H32ClN5O3/c1-27(2)9-21-15(7-20(24(29)34)33(21)11-27)14-8-22(31-10-19(14)28)32-26(36)18-6-13-16-4-12(25(35)30-3)5-17(13)23(16)18/h7-8,10,12-13,16-18,23H,4-6,9,11H2,1-3H3,(H2,29,34)(H,30,35)(H,31,32,36)/t12?,13?,16-,17+,18-,23?/m0/s1. The zero-order chi connectivity index (χ0) is 25.5. The van der Waals surface area contributed by atoms with Gasteiger partial charge in [-0.25, -0.2) is 4.98 Å². The molecule has 3 amide bonds. The van der Waals surface area contributed by atoms with Crippen molar-refractivity contribution in [3.8, 4) is 11.1 Å². The molecule has 2 aromatic heterocycles. The number of anilines is 1. The molecule has 1 aliphatic heterocycles. The van der Waals surface area contributed by atoms with Crippen LogP contribution in [0.15, 0.2) is 18.3 Å². The minimum atomic E-state index is -0.469. The Labute approximate surface area is 215 Å². The summed E-state index contributed by atoms with van der Waals surface area (Å²) in [6.07, 6.45) is 5.00. The highest BCUT2D eigenvalue weighted by atomic mass is 35.5. The van der Waals surface area contributed by atoms with Crippen LogP contribution in [0.2, 0.25) is 5.02 Å². The first-order valence-corrected chi connectivity index (χ1v) is 13.2. The van der Waals surface area contributed by atoms with Gasteiger partial charge in [-0.3, -0.25) is 14.4 Å². The average Bonchev–Trinajstić information content (AvgIpc) is 3.58. The molecular formula is C27H32ClN5O3. The molecule has 190 valence electrons. The Morgan fingerprint density at radius 2 is 1.81 bits per heavy atom. The lowest BCUT2D eigenvalue weighted by Gasteiger charge is -2.52. The Morgan fingerprint density at radius 1 is 1.08 bits per heavy atom. The molecule has 6 aliphatic rings. The third-order valence-corrected chi connectivity index (χ3v) is 9.54. The van der Waals surface area contributed by atoms with E-state index in [0.29, 0.717) is 46.8 Å². The van der Waals surface area contributed by atoms with E-state index in [-0.39, 0.29) is 29.1 Å². The number of hydrogen-bond donors (Lipinski definition) is 3. The van der Waals surface area contributed by atoms with E-state index in [9.17, 15) is 14.4 Å². The number of rotatable bonds is 5. The maximum absolute atomic E-state index is 13.3.